The number of imidazole rings is 1. The molecule has 0 bridgehead atoms. The van der Waals surface area contributed by atoms with Gasteiger partial charge in [0.25, 0.3) is 11.2 Å². The second-order valence-electron chi connectivity index (χ2n) is 8.77. The number of aromatic amines is 1. The number of aromatic nitrogens is 4. The second-order valence-corrected chi connectivity index (χ2v) is 10.0. The Morgan fingerprint density at radius 2 is 2.02 bits per heavy atom. The Morgan fingerprint density at radius 3 is 2.71 bits per heavy atom. The minimum Gasteiger partial charge on any atom is -0.454 e. The van der Waals surface area contributed by atoms with Gasteiger partial charge in [-0.3, -0.25) is 34.3 Å². The lowest BCUT2D eigenvalue weighted by Gasteiger charge is -2.17. The molecule has 0 radical (unpaired) electrons. The fraction of sp³-hybridized carbons (Fsp3) is 0.400. The van der Waals surface area contributed by atoms with E-state index < -0.39 is 67.6 Å². The molecule has 20 nitrogen and oxygen atoms in total. The third kappa shape index (κ3) is 5.70. The van der Waals surface area contributed by atoms with Crippen LogP contribution in [0, 0.1) is 10.1 Å². The van der Waals surface area contributed by atoms with Gasteiger partial charge < -0.3 is 38.9 Å². The number of anilines is 1. The molecule has 3 aromatic rings. The molecule has 220 valence electrons. The number of nitro benzene ring substituents is 1. The number of amides is 1. The van der Waals surface area contributed by atoms with Gasteiger partial charge in [-0.15, -0.1) is 0 Å². The standard InChI is InChI=1S/C20H21N6O14P/c1-7(8-2-10-11(37-6-36-10)3-9(8)26(31)32)39-20(30)24-19-22-16-13(17(29)23-19)21-5-25(16)18-15(28)14(27)12(40-18)4-38-41(33,34)35/h2-3,5,7,12,14-15,18,27-28H,4,6H2,1H3,(H2,33,34,35)(H2,22,23,24,29,30)/t7?,12-,14-,15-,18-/m1/s1. The Labute approximate surface area is 226 Å². The first kappa shape index (κ1) is 28.4. The predicted molar refractivity (Wildman–Crippen MR) is 130 cm³/mol. The first-order chi connectivity index (χ1) is 19.3. The molecule has 5 rings (SSSR count). The van der Waals surface area contributed by atoms with Gasteiger partial charge in [0.2, 0.25) is 12.7 Å². The molecular weight excluding hydrogens is 579 g/mol. The Kier molecular flexibility index (Phi) is 7.38. The predicted octanol–water partition coefficient (Wildman–Crippen LogP) is -0.205. The largest absolute Gasteiger partial charge is 0.469 e. The van der Waals surface area contributed by atoms with Crippen molar-refractivity contribution in [3.8, 4) is 11.5 Å². The highest BCUT2D eigenvalue weighted by atomic mass is 31.2. The zero-order valence-corrected chi connectivity index (χ0v) is 21.5. The molecule has 1 aromatic carbocycles. The minimum absolute atomic E-state index is 0.00703. The molecule has 1 saturated heterocycles. The number of aliphatic hydroxyl groups excluding tert-OH is 2. The average Bonchev–Trinajstić information content (AvgIpc) is 3.59. The van der Waals surface area contributed by atoms with Gasteiger partial charge in [-0.2, -0.15) is 4.98 Å². The maximum Gasteiger partial charge on any atom is 0.469 e. The van der Waals surface area contributed by atoms with Crippen LogP contribution in [0.4, 0.5) is 16.4 Å². The van der Waals surface area contributed by atoms with E-state index >= 15 is 0 Å². The number of phosphoric acid groups is 1. The number of hydrogen-bond acceptors (Lipinski definition) is 14. The molecule has 4 heterocycles. The number of aliphatic hydroxyl groups is 2. The SMILES string of the molecule is CC(OC(=O)Nc1nc2c(ncn2[C@@H]2O[C@H](COP(=O)(O)O)[C@@H](O)[C@H]2O)c(=O)[nH]1)c1cc2c(cc1[N+](=O)[O-])OCO2. The van der Waals surface area contributed by atoms with E-state index in [9.17, 15) is 34.5 Å². The number of nitro groups is 1. The van der Waals surface area contributed by atoms with Crippen molar-refractivity contribution in [3.05, 3.63) is 44.5 Å². The van der Waals surface area contributed by atoms with Crippen LogP contribution in [0.15, 0.2) is 23.3 Å². The fourth-order valence-electron chi connectivity index (χ4n) is 4.22. The van der Waals surface area contributed by atoms with Crippen LogP contribution in [0.5, 0.6) is 11.5 Å². The summed E-state index contributed by atoms with van der Waals surface area (Å²) in [6.45, 7) is 0.473. The lowest BCUT2D eigenvalue weighted by molar-refractivity contribution is -0.386. The lowest BCUT2D eigenvalue weighted by Crippen LogP contribution is -2.33. The summed E-state index contributed by atoms with van der Waals surface area (Å²) < 4.78 is 37.5. The average molecular weight is 600 g/mol. The molecule has 2 aromatic heterocycles. The summed E-state index contributed by atoms with van der Waals surface area (Å²) in [4.78, 5) is 64.1. The number of nitrogens with zero attached hydrogens (tertiary/aromatic N) is 4. The van der Waals surface area contributed by atoms with Gasteiger partial charge in [-0.1, -0.05) is 0 Å². The maximum absolute atomic E-state index is 12.6. The van der Waals surface area contributed by atoms with E-state index in [4.69, 9.17) is 28.7 Å². The number of fused-ring (bicyclic) bond motifs is 2. The van der Waals surface area contributed by atoms with Crippen LogP contribution in [-0.2, 0) is 18.6 Å². The molecule has 21 heteroatoms. The molecule has 41 heavy (non-hydrogen) atoms. The highest BCUT2D eigenvalue weighted by molar-refractivity contribution is 7.46. The molecule has 1 amide bonds. The summed E-state index contributed by atoms with van der Waals surface area (Å²) in [6, 6.07) is 2.45. The third-order valence-corrected chi connectivity index (χ3v) is 6.60. The van der Waals surface area contributed by atoms with Crippen molar-refractivity contribution in [2.75, 3.05) is 18.7 Å². The molecule has 5 atom stereocenters. The zero-order chi connectivity index (χ0) is 29.6. The van der Waals surface area contributed by atoms with Gasteiger partial charge in [0.05, 0.1) is 29.5 Å². The number of H-pyrrole nitrogens is 1. The van der Waals surface area contributed by atoms with Crippen molar-refractivity contribution in [2.45, 2.75) is 37.6 Å². The summed E-state index contributed by atoms with van der Waals surface area (Å²) in [7, 11) is -4.90. The Bertz CT molecular complexity index is 1620. The van der Waals surface area contributed by atoms with Gasteiger partial charge in [0, 0.05) is 0 Å². The minimum atomic E-state index is -4.90. The van der Waals surface area contributed by atoms with Crippen molar-refractivity contribution in [2.24, 2.45) is 0 Å². The highest BCUT2D eigenvalue weighted by Crippen LogP contribution is 2.41. The summed E-state index contributed by atoms with van der Waals surface area (Å²) in [6.07, 6.45) is -7.33. The molecule has 0 aliphatic carbocycles. The van der Waals surface area contributed by atoms with Crippen LogP contribution in [0.3, 0.4) is 0 Å². The van der Waals surface area contributed by atoms with Crippen molar-refractivity contribution in [1.82, 2.24) is 19.5 Å². The fourth-order valence-corrected chi connectivity index (χ4v) is 4.56. The van der Waals surface area contributed by atoms with E-state index in [2.05, 4.69) is 24.8 Å². The van der Waals surface area contributed by atoms with Crippen LogP contribution in [-0.4, -0.2) is 82.2 Å². The van der Waals surface area contributed by atoms with Crippen LogP contribution in [0.25, 0.3) is 11.2 Å². The molecule has 0 spiro atoms. The van der Waals surface area contributed by atoms with Gasteiger partial charge in [0.15, 0.2) is 28.9 Å². The van der Waals surface area contributed by atoms with Crippen molar-refractivity contribution < 1.29 is 57.8 Å². The van der Waals surface area contributed by atoms with Gasteiger partial charge in [0.1, 0.15) is 24.4 Å². The summed E-state index contributed by atoms with van der Waals surface area (Å²) in [5, 5.41) is 34.4. The number of phosphoric ester groups is 1. The smallest absolute Gasteiger partial charge is 0.454 e. The van der Waals surface area contributed by atoms with Crippen LogP contribution in [0.2, 0.25) is 0 Å². The van der Waals surface area contributed by atoms with Crippen LogP contribution in [0.1, 0.15) is 24.8 Å². The second kappa shape index (κ2) is 10.7. The van der Waals surface area contributed by atoms with Crippen molar-refractivity contribution in [3.63, 3.8) is 0 Å². The third-order valence-electron chi connectivity index (χ3n) is 6.11. The summed E-state index contributed by atoms with van der Waals surface area (Å²) >= 11 is 0. The van der Waals surface area contributed by atoms with Crippen molar-refractivity contribution in [1.29, 1.82) is 0 Å². The Morgan fingerprint density at radius 1 is 1.32 bits per heavy atom. The molecular formula is C20H21N6O14P. The molecule has 1 fully saturated rings. The van der Waals surface area contributed by atoms with E-state index in [0.29, 0.717) is 0 Å². The monoisotopic (exact) mass is 600 g/mol. The number of hydrogen-bond donors (Lipinski definition) is 6. The first-order valence-electron chi connectivity index (χ1n) is 11.6. The molecule has 6 N–H and O–H groups in total. The van der Waals surface area contributed by atoms with Gasteiger partial charge in [-0.25, -0.2) is 14.3 Å². The topological polar surface area (TPSA) is 280 Å². The van der Waals surface area contributed by atoms with E-state index in [1.165, 1.54) is 13.0 Å². The molecule has 2 aliphatic rings. The Balaban J connectivity index is 1.34. The van der Waals surface area contributed by atoms with E-state index in [0.717, 1.165) is 17.0 Å². The number of carbonyl (C=O) groups excluding carboxylic acids is 1. The van der Waals surface area contributed by atoms with Crippen LogP contribution >= 0.6 is 7.82 Å². The van der Waals surface area contributed by atoms with Crippen LogP contribution < -0.4 is 20.3 Å². The summed E-state index contributed by atoms with van der Waals surface area (Å²) in [5.41, 5.74) is -1.65. The lowest BCUT2D eigenvalue weighted by atomic mass is 10.1. The Hall–Kier alpha value is -4.17. The maximum atomic E-state index is 12.6. The van der Waals surface area contributed by atoms with Gasteiger partial charge in [-0.05, 0) is 13.0 Å². The number of benzene rings is 1. The van der Waals surface area contributed by atoms with E-state index in [-0.39, 0.29) is 40.7 Å². The summed E-state index contributed by atoms with van der Waals surface area (Å²) in [5.74, 6) is -0.0486. The van der Waals surface area contributed by atoms with E-state index in [1.54, 1.807) is 0 Å². The molecule has 2 aliphatic heterocycles. The zero-order valence-electron chi connectivity index (χ0n) is 20.6. The van der Waals surface area contributed by atoms with Gasteiger partial charge >= 0.3 is 13.9 Å². The first-order valence-corrected chi connectivity index (χ1v) is 13.1. The number of rotatable bonds is 8. The molecule has 1 unspecified atom stereocenters. The number of carbonyl (C=O) groups is 1. The normalized spacial score (nSPS) is 22.6. The highest BCUT2D eigenvalue weighted by Gasteiger charge is 2.45. The number of nitrogens with one attached hydrogen (secondary N) is 2. The molecule has 0 saturated carbocycles. The number of ether oxygens (including phenoxy) is 4. The van der Waals surface area contributed by atoms with Crippen molar-refractivity contribution >= 4 is 36.7 Å². The van der Waals surface area contributed by atoms with E-state index in [1.807, 2.05) is 0 Å². The quantitative estimate of drug-likeness (QED) is 0.111.